The van der Waals surface area contributed by atoms with Crippen LogP contribution in [0, 0.1) is 12.5 Å². The highest BCUT2D eigenvalue weighted by Gasteiger charge is 1.93. The maximum absolute atomic E-state index is 5.28. The Morgan fingerprint density at radius 1 is 1.62 bits per heavy atom. The van der Waals surface area contributed by atoms with E-state index in [9.17, 15) is 0 Å². The molecule has 0 aromatic heterocycles. The van der Waals surface area contributed by atoms with Crippen molar-refractivity contribution < 1.29 is 0 Å². The van der Waals surface area contributed by atoms with E-state index >= 15 is 0 Å². The number of hydrogen-bond donors (Lipinski definition) is 0. The zero-order valence-corrected chi connectivity index (χ0v) is 5.81. The van der Waals surface area contributed by atoms with E-state index in [1.54, 1.807) is 6.08 Å². The first-order valence-corrected chi connectivity index (χ1v) is 2.90. The molecule has 1 unspecified atom stereocenters. The van der Waals surface area contributed by atoms with Crippen LogP contribution in [0.25, 0.3) is 0 Å². The third-order valence-electron chi connectivity index (χ3n) is 1.46. The number of hydrogen-bond acceptors (Lipinski definition) is 0. The molecule has 0 aliphatic heterocycles. The maximum atomic E-state index is 5.28. The third-order valence-corrected chi connectivity index (χ3v) is 1.46. The molecule has 1 radical (unpaired) electrons. The molecule has 0 rings (SSSR count). The van der Waals surface area contributed by atoms with Crippen LogP contribution >= 0.6 is 0 Å². The smallest absolute Gasteiger partial charge is 0.00514 e. The summed E-state index contributed by atoms with van der Waals surface area (Å²) in [6.45, 7) is 11.5. The molecular formula is C8H13. The lowest BCUT2D eigenvalue weighted by molar-refractivity contribution is 0.861. The lowest BCUT2D eigenvalue weighted by Gasteiger charge is -2.02. The molecule has 0 fully saturated rings. The summed E-state index contributed by atoms with van der Waals surface area (Å²) in [6.07, 6.45) is 3.78. The molecule has 0 heterocycles. The van der Waals surface area contributed by atoms with Crippen LogP contribution in [0.15, 0.2) is 17.7 Å². The van der Waals surface area contributed by atoms with Crippen LogP contribution in [0.5, 0.6) is 0 Å². The highest BCUT2D eigenvalue weighted by atomic mass is 14.0. The summed E-state index contributed by atoms with van der Waals surface area (Å²) in [4.78, 5) is 0. The van der Waals surface area contributed by atoms with Gasteiger partial charge in [-0.2, -0.15) is 0 Å². The van der Waals surface area contributed by atoms with Gasteiger partial charge >= 0.3 is 0 Å². The molecule has 45 valence electrons. The third kappa shape index (κ3) is 1.97. The summed E-state index contributed by atoms with van der Waals surface area (Å²) in [5.41, 5.74) is 1.33. The normalized spacial score (nSPS) is 15.6. The number of rotatable bonds is 2. The van der Waals surface area contributed by atoms with E-state index in [1.807, 2.05) is 6.92 Å². The van der Waals surface area contributed by atoms with Gasteiger partial charge in [0.15, 0.2) is 0 Å². The summed E-state index contributed by atoms with van der Waals surface area (Å²) in [7, 11) is 0. The van der Waals surface area contributed by atoms with Crippen LogP contribution in [0.1, 0.15) is 20.8 Å². The minimum Gasteiger partial charge on any atom is -0.0882 e. The first-order chi connectivity index (χ1) is 3.72. The van der Waals surface area contributed by atoms with E-state index in [1.165, 1.54) is 5.57 Å². The van der Waals surface area contributed by atoms with Crippen LogP contribution in [0.4, 0.5) is 0 Å². The van der Waals surface area contributed by atoms with Gasteiger partial charge in [-0.25, -0.2) is 0 Å². The molecule has 0 bridgehead atoms. The van der Waals surface area contributed by atoms with Crippen molar-refractivity contribution in [2.45, 2.75) is 20.8 Å². The fraction of sp³-hybridized carbons (Fsp3) is 0.500. The average Bonchev–Trinajstić information content (AvgIpc) is 1.84. The summed E-state index contributed by atoms with van der Waals surface area (Å²) in [5.74, 6) is 0.431. The highest BCUT2D eigenvalue weighted by molar-refractivity contribution is 5.05. The second-order valence-electron chi connectivity index (χ2n) is 2.01. The Bertz CT molecular complexity index is 98.6. The standard InChI is InChI=1S/C8H13/c1-5-7(3)8(4)6-2/h1,5-7H,2-4H3. The minimum atomic E-state index is 0.431. The molecule has 0 aromatic carbocycles. The molecule has 0 aromatic rings. The predicted molar refractivity (Wildman–Crippen MR) is 37.5 cm³/mol. The van der Waals surface area contributed by atoms with Crippen molar-refractivity contribution in [2.75, 3.05) is 0 Å². The lowest BCUT2D eigenvalue weighted by atomic mass is 10.0. The van der Waals surface area contributed by atoms with Gasteiger partial charge in [-0.15, -0.1) is 0 Å². The van der Waals surface area contributed by atoms with Crippen LogP contribution in [0.2, 0.25) is 0 Å². The van der Waals surface area contributed by atoms with Crippen molar-refractivity contribution >= 4 is 0 Å². The van der Waals surface area contributed by atoms with Gasteiger partial charge in [0.05, 0.1) is 0 Å². The Morgan fingerprint density at radius 2 is 2.12 bits per heavy atom. The van der Waals surface area contributed by atoms with Gasteiger partial charge in [0, 0.05) is 0 Å². The van der Waals surface area contributed by atoms with Gasteiger partial charge in [-0.05, 0) is 19.8 Å². The Kier molecular flexibility index (Phi) is 3.25. The van der Waals surface area contributed by atoms with Gasteiger partial charge < -0.3 is 0 Å². The highest BCUT2D eigenvalue weighted by Crippen LogP contribution is 2.08. The molecule has 0 amide bonds. The van der Waals surface area contributed by atoms with E-state index in [0.717, 1.165) is 0 Å². The van der Waals surface area contributed by atoms with Gasteiger partial charge in [0.25, 0.3) is 0 Å². The van der Waals surface area contributed by atoms with Crippen molar-refractivity contribution in [1.82, 2.24) is 0 Å². The Hall–Kier alpha value is -0.520. The summed E-state index contributed by atoms with van der Waals surface area (Å²) in [5, 5.41) is 0. The average molecular weight is 109 g/mol. The van der Waals surface area contributed by atoms with E-state index in [4.69, 9.17) is 6.58 Å². The number of allylic oxidation sites excluding steroid dienone is 3. The molecule has 0 aliphatic rings. The maximum Gasteiger partial charge on any atom is -0.00514 e. The molecule has 1 atom stereocenters. The van der Waals surface area contributed by atoms with Crippen LogP contribution in [-0.4, -0.2) is 0 Å². The van der Waals surface area contributed by atoms with E-state index < -0.39 is 0 Å². The quantitative estimate of drug-likeness (QED) is 0.478. The van der Waals surface area contributed by atoms with Crippen molar-refractivity contribution in [2.24, 2.45) is 5.92 Å². The molecule has 0 nitrogen and oxygen atoms in total. The molecule has 8 heavy (non-hydrogen) atoms. The molecular weight excluding hydrogens is 96.1 g/mol. The fourth-order valence-corrected chi connectivity index (χ4v) is 0.415. The minimum absolute atomic E-state index is 0.431. The Labute approximate surface area is 51.9 Å². The largest absolute Gasteiger partial charge is 0.0882 e. The molecule has 0 saturated carbocycles. The predicted octanol–water partition coefficient (Wildman–Crippen LogP) is 2.58. The molecule has 0 aliphatic carbocycles. The van der Waals surface area contributed by atoms with E-state index in [0.29, 0.717) is 5.92 Å². The molecule has 0 saturated heterocycles. The molecule has 0 N–H and O–H groups in total. The van der Waals surface area contributed by atoms with Gasteiger partial charge in [0.1, 0.15) is 0 Å². The summed E-state index contributed by atoms with van der Waals surface area (Å²) in [6, 6.07) is 0. The first-order valence-electron chi connectivity index (χ1n) is 2.90. The van der Waals surface area contributed by atoms with Crippen molar-refractivity contribution in [3.63, 3.8) is 0 Å². The monoisotopic (exact) mass is 109 g/mol. The van der Waals surface area contributed by atoms with Crippen molar-refractivity contribution in [3.8, 4) is 0 Å². The van der Waals surface area contributed by atoms with Crippen molar-refractivity contribution in [3.05, 3.63) is 24.3 Å². The zero-order valence-electron chi connectivity index (χ0n) is 5.81. The van der Waals surface area contributed by atoms with Gasteiger partial charge in [-0.1, -0.05) is 31.2 Å². The Morgan fingerprint density at radius 3 is 2.25 bits per heavy atom. The van der Waals surface area contributed by atoms with Gasteiger partial charge in [-0.3, -0.25) is 0 Å². The second-order valence-corrected chi connectivity index (χ2v) is 2.01. The zero-order chi connectivity index (χ0) is 6.57. The van der Waals surface area contributed by atoms with E-state index in [-0.39, 0.29) is 0 Å². The second kappa shape index (κ2) is 3.48. The van der Waals surface area contributed by atoms with Crippen molar-refractivity contribution in [1.29, 1.82) is 0 Å². The Balaban J connectivity index is 3.81. The summed E-state index contributed by atoms with van der Waals surface area (Å²) < 4.78 is 0. The van der Waals surface area contributed by atoms with Crippen LogP contribution in [-0.2, 0) is 0 Å². The SMILES string of the molecule is [CH]=CC(C)C(C)=CC. The fourth-order valence-electron chi connectivity index (χ4n) is 0.415. The molecule has 0 spiro atoms. The summed E-state index contributed by atoms with van der Waals surface area (Å²) >= 11 is 0. The molecule has 0 heteroatoms. The van der Waals surface area contributed by atoms with Crippen LogP contribution < -0.4 is 0 Å². The lowest BCUT2D eigenvalue weighted by Crippen LogP contribution is -1.88. The topological polar surface area (TPSA) is 0 Å². The van der Waals surface area contributed by atoms with E-state index in [2.05, 4.69) is 19.9 Å². The van der Waals surface area contributed by atoms with Gasteiger partial charge in [0.2, 0.25) is 0 Å². The van der Waals surface area contributed by atoms with Crippen LogP contribution in [0.3, 0.4) is 0 Å². The first kappa shape index (κ1) is 7.48.